The number of benzene rings is 1. The summed E-state index contributed by atoms with van der Waals surface area (Å²) >= 11 is 0. The lowest BCUT2D eigenvalue weighted by Crippen LogP contribution is -2.41. The molecule has 3 heterocycles. The van der Waals surface area contributed by atoms with E-state index >= 15 is 0 Å². The van der Waals surface area contributed by atoms with Crippen LogP contribution in [0.25, 0.3) is 11.5 Å². The molecule has 1 aliphatic heterocycles. The summed E-state index contributed by atoms with van der Waals surface area (Å²) in [6, 6.07) is 8.03. The van der Waals surface area contributed by atoms with E-state index in [4.69, 9.17) is 4.74 Å². The molecule has 1 saturated heterocycles. The van der Waals surface area contributed by atoms with Gasteiger partial charge < -0.3 is 9.64 Å². The first kappa shape index (κ1) is 20.3. The Labute approximate surface area is 173 Å². The van der Waals surface area contributed by atoms with Crippen LogP contribution in [0.5, 0.6) is 5.88 Å². The normalized spacial score (nSPS) is 15.9. The fourth-order valence-electron chi connectivity index (χ4n) is 3.26. The molecule has 158 valence electrons. The molecule has 7 nitrogen and oxygen atoms in total. The van der Waals surface area contributed by atoms with Crippen LogP contribution in [0.15, 0.2) is 36.5 Å². The number of hydrogen-bond acceptors (Lipinski definition) is 6. The lowest BCUT2D eigenvalue weighted by atomic mass is 10.2. The summed E-state index contributed by atoms with van der Waals surface area (Å²) in [5, 5.41) is 4.43. The molecule has 10 heteroatoms. The summed E-state index contributed by atoms with van der Waals surface area (Å²) in [5.41, 5.74) is 0.832. The van der Waals surface area contributed by atoms with E-state index < -0.39 is 15.3 Å². The van der Waals surface area contributed by atoms with Crippen LogP contribution in [-0.2, 0) is 16.1 Å². The topological polar surface area (TPSA) is 73.1 Å². The molecule has 1 aliphatic rings. The van der Waals surface area contributed by atoms with Crippen LogP contribution in [0, 0.1) is 11.6 Å². The first-order chi connectivity index (χ1) is 14.4. The van der Waals surface area contributed by atoms with E-state index in [-0.39, 0.29) is 24.0 Å². The molecule has 4 rings (SSSR count). The molecule has 0 N–H and O–H groups in total. The SMILES string of the molecule is C=S1(=O)CCN(c2nc(-c3cc(OC)n(Cc4ccccc4F)n3)ncc2F)CC1. The quantitative estimate of drug-likeness (QED) is 0.575. The van der Waals surface area contributed by atoms with Crippen LogP contribution < -0.4 is 9.64 Å². The number of methoxy groups -OCH3 is 1. The summed E-state index contributed by atoms with van der Waals surface area (Å²) in [6.07, 6.45) is 1.09. The molecule has 30 heavy (non-hydrogen) atoms. The van der Waals surface area contributed by atoms with Gasteiger partial charge in [-0.2, -0.15) is 5.10 Å². The van der Waals surface area contributed by atoms with Crippen LogP contribution in [-0.4, -0.2) is 61.5 Å². The van der Waals surface area contributed by atoms with Crippen LogP contribution in [0.1, 0.15) is 5.56 Å². The number of nitrogens with zero attached hydrogens (tertiary/aromatic N) is 5. The number of halogens is 2. The number of anilines is 1. The molecule has 1 fully saturated rings. The van der Waals surface area contributed by atoms with Crippen molar-refractivity contribution in [1.82, 2.24) is 19.7 Å². The third kappa shape index (κ3) is 4.13. The average molecular weight is 433 g/mol. The molecule has 0 aliphatic carbocycles. The van der Waals surface area contributed by atoms with E-state index in [1.165, 1.54) is 17.9 Å². The Hall–Kier alpha value is -3.01. The molecule has 0 atom stereocenters. The second-order valence-corrected chi connectivity index (χ2v) is 9.80. The maximum atomic E-state index is 14.4. The summed E-state index contributed by atoms with van der Waals surface area (Å²) in [5.74, 6) is 4.35. The Bertz CT molecular complexity index is 1170. The zero-order chi connectivity index (χ0) is 21.3. The Kier molecular flexibility index (Phi) is 5.42. The molecule has 0 bridgehead atoms. The third-order valence-electron chi connectivity index (χ3n) is 4.95. The van der Waals surface area contributed by atoms with Gasteiger partial charge in [-0.1, -0.05) is 18.2 Å². The maximum Gasteiger partial charge on any atom is 0.212 e. The van der Waals surface area contributed by atoms with Crippen molar-refractivity contribution in [3.8, 4) is 17.4 Å². The van der Waals surface area contributed by atoms with Gasteiger partial charge in [-0.3, -0.25) is 4.21 Å². The molecule has 0 spiro atoms. The van der Waals surface area contributed by atoms with Crippen molar-refractivity contribution >= 4 is 21.2 Å². The monoisotopic (exact) mass is 433 g/mol. The minimum Gasteiger partial charge on any atom is -0.481 e. The summed E-state index contributed by atoms with van der Waals surface area (Å²) in [4.78, 5) is 10.1. The van der Waals surface area contributed by atoms with Gasteiger partial charge in [0.1, 0.15) is 11.5 Å². The Morgan fingerprint density at radius 2 is 1.93 bits per heavy atom. The predicted molar refractivity (Wildman–Crippen MR) is 112 cm³/mol. The largest absolute Gasteiger partial charge is 0.481 e. The van der Waals surface area contributed by atoms with Gasteiger partial charge in [0.2, 0.25) is 5.88 Å². The zero-order valence-electron chi connectivity index (χ0n) is 16.4. The van der Waals surface area contributed by atoms with Gasteiger partial charge in [-0.05, 0) is 21.5 Å². The molecule has 1 aromatic carbocycles. The Morgan fingerprint density at radius 1 is 1.20 bits per heavy atom. The third-order valence-corrected chi connectivity index (χ3v) is 6.80. The molecule has 3 aromatic rings. The molecular weight excluding hydrogens is 412 g/mol. The highest BCUT2D eigenvalue weighted by molar-refractivity contribution is 8.00. The van der Waals surface area contributed by atoms with Crippen molar-refractivity contribution in [2.24, 2.45) is 0 Å². The first-order valence-corrected chi connectivity index (χ1v) is 11.4. The van der Waals surface area contributed by atoms with Crippen LogP contribution in [0.2, 0.25) is 0 Å². The van der Waals surface area contributed by atoms with Gasteiger partial charge in [-0.15, -0.1) is 0 Å². The lowest BCUT2D eigenvalue weighted by Gasteiger charge is -2.29. The van der Waals surface area contributed by atoms with E-state index in [9.17, 15) is 13.0 Å². The van der Waals surface area contributed by atoms with Gasteiger partial charge in [0.15, 0.2) is 17.5 Å². The second-order valence-electron chi connectivity index (χ2n) is 7.05. The van der Waals surface area contributed by atoms with Crippen LogP contribution in [0.3, 0.4) is 0 Å². The molecule has 2 aromatic heterocycles. The summed E-state index contributed by atoms with van der Waals surface area (Å²) in [6.45, 7) is 0.968. The van der Waals surface area contributed by atoms with Crippen molar-refractivity contribution in [3.05, 3.63) is 53.7 Å². The molecular formula is C20H21F2N5O2S. The fourth-order valence-corrected chi connectivity index (χ4v) is 4.57. The van der Waals surface area contributed by atoms with Gasteiger partial charge in [0.25, 0.3) is 0 Å². The predicted octanol–water partition coefficient (Wildman–Crippen LogP) is 2.21. The van der Waals surface area contributed by atoms with Gasteiger partial charge in [0.05, 0.1) is 19.9 Å². The smallest absolute Gasteiger partial charge is 0.212 e. The highest BCUT2D eigenvalue weighted by atomic mass is 32.2. The summed E-state index contributed by atoms with van der Waals surface area (Å²) < 4.78 is 47.4. The van der Waals surface area contributed by atoms with E-state index in [1.807, 2.05) is 0 Å². The van der Waals surface area contributed by atoms with Crippen molar-refractivity contribution in [1.29, 1.82) is 0 Å². The lowest BCUT2D eigenvalue weighted by molar-refractivity contribution is 0.365. The van der Waals surface area contributed by atoms with Gasteiger partial charge in [0, 0.05) is 36.2 Å². The van der Waals surface area contributed by atoms with Crippen molar-refractivity contribution in [2.75, 3.05) is 36.6 Å². The molecule has 0 unspecified atom stereocenters. The first-order valence-electron chi connectivity index (χ1n) is 9.32. The van der Waals surface area contributed by atoms with E-state index in [0.29, 0.717) is 41.7 Å². The molecule has 0 amide bonds. The zero-order valence-corrected chi connectivity index (χ0v) is 17.2. The fraction of sp³-hybridized carbons (Fsp3) is 0.300. The van der Waals surface area contributed by atoms with Gasteiger partial charge in [-0.25, -0.2) is 23.4 Å². The van der Waals surface area contributed by atoms with Crippen molar-refractivity contribution < 1.29 is 17.7 Å². The minimum absolute atomic E-state index is 0.137. The summed E-state index contributed by atoms with van der Waals surface area (Å²) in [7, 11) is -0.622. The van der Waals surface area contributed by atoms with Crippen LogP contribution >= 0.6 is 0 Å². The Morgan fingerprint density at radius 3 is 2.63 bits per heavy atom. The number of ether oxygens (including phenoxy) is 1. The maximum absolute atomic E-state index is 14.4. The Balaban J connectivity index is 1.64. The second kappa shape index (κ2) is 8.02. The standard InChI is InChI=1S/C20H21F2N5O2S/c1-29-18-11-17(25-27(18)13-14-5-3-4-6-15(14)21)19-23-12-16(22)20(24-19)26-7-9-30(2,28)10-8-26/h3-6,11-12H,2,7-10,13H2,1H3. The highest BCUT2D eigenvalue weighted by Gasteiger charge is 2.23. The van der Waals surface area contributed by atoms with E-state index in [2.05, 4.69) is 20.9 Å². The van der Waals surface area contributed by atoms with E-state index in [0.717, 1.165) is 6.20 Å². The van der Waals surface area contributed by atoms with Crippen molar-refractivity contribution in [2.45, 2.75) is 6.54 Å². The number of aromatic nitrogens is 4. The van der Waals surface area contributed by atoms with E-state index in [1.54, 1.807) is 29.2 Å². The minimum atomic E-state index is -2.11. The average Bonchev–Trinajstić information content (AvgIpc) is 3.13. The number of rotatable bonds is 5. The molecule has 0 saturated carbocycles. The number of hydrogen-bond donors (Lipinski definition) is 0. The van der Waals surface area contributed by atoms with Gasteiger partial charge >= 0.3 is 0 Å². The highest BCUT2D eigenvalue weighted by Crippen LogP contribution is 2.25. The van der Waals surface area contributed by atoms with Crippen molar-refractivity contribution in [3.63, 3.8) is 0 Å². The molecule has 0 radical (unpaired) electrons. The van der Waals surface area contributed by atoms with Crippen LogP contribution in [0.4, 0.5) is 14.6 Å².